The van der Waals surface area contributed by atoms with Gasteiger partial charge in [-0.3, -0.25) is 4.79 Å². The van der Waals surface area contributed by atoms with Gasteiger partial charge in [0.05, 0.1) is 0 Å². The average Bonchev–Trinajstić information content (AvgIpc) is 2.69. The molecule has 1 atom stereocenters. The van der Waals surface area contributed by atoms with E-state index in [1.807, 2.05) is 74.5 Å². The van der Waals surface area contributed by atoms with Crippen molar-refractivity contribution in [3.63, 3.8) is 0 Å². The van der Waals surface area contributed by atoms with E-state index in [0.717, 1.165) is 11.1 Å². The fraction of sp³-hybridized carbons (Fsp3) is 0.316. The number of benzene rings is 2. The molecule has 0 aromatic heterocycles. The summed E-state index contributed by atoms with van der Waals surface area (Å²) >= 11 is 0. The third-order valence-electron chi connectivity index (χ3n) is 4.59. The van der Waals surface area contributed by atoms with Gasteiger partial charge in [0.2, 0.25) is 5.91 Å². The van der Waals surface area contributed by atoms with E-state index in [9.17, 15) is 9.90 Å². The fourth-order valence-corrected chi connectivity index (χ4v) is 3.33. The topological polar surface area (TPSA) is 40.5 Å². The van der Waals surface area contributed by atoms with Gasteiger partial charge in [-0.2, -0.15) is 0 Å². The molecule has 0 bridgehead atoms. The van der Waals surface area contributed by atoms with Crippen LogP contribution in [-0.4, -0.2) is 15.9 Å². The molecule has 1 aliphatic heterocycles. The van der Waals surface area contributed by atoms with Crippen molar-refractivity contribution in [1.82, 2.24) is 4.90 Å². The molecule has 1 aliphatic rings. The highest BCUT2D eigenvalue weighted by atomic mass is 16.3. The minimum Gasteiger partial charge on any atom is -0.366 e. The van der Waals surface area contributed by atoms with Crippen molar-refractivity contribution in [1.29, 1.82) is 0 Å². The number of rotatable bonds is 3. The molecular weight excluding hydrogens is 274 g/mol. The molecule has 1 fully saturated rings. The van der Waals surface area contributed by atoms with E-state index >= 15 is 0 Å². The Kier molecular flexibility index (Phi) is 3.53. The summed E-state index contributed by atoms with van der Waals surface area (Å²) in [5, 5.41) is 11.5. The SMILES string of the molecule is CC1(C)CC(=O)N(Cc2ccccc2)C1(O)c1ccccc1. The third-order valence-corrected chi connectivity index (χ3v) is 4.59. The van der Waals surface area contributed by atoms with E-state index in [1.54, 1.807) is 4.90 Å². The minimum atomic E-state index is -1.29. The maximum absolute atomic E-state index is 12.5. The van der Waals surface area contributed by atoms with Crippen molar-refractivity contribution in [2.24, 2.45) is 5.41 Å². The summed E-state index contributed by atoms with van der Waals surface area (Å²) in [5.74, 6) is -0.0137. The highest BCUT2D eigenvalue weighted by Gasteiger charge is 2.57. The van der Waals surface area contributed by atoms with Gasteiger partial charge in [0.1, 0.15) is 0 Å². The van der Waals surface area contributed by atoms with Gasteiger partial charge in [0, 0.05) is 23.9 Å². The average molecular weight is 295 g/mol. The molecule has 2 aromatic carbocycles. The molecule has 22 heavy (non-hydrogen) atoms. The number of carbonyl (C=O) groups excluding carboxylic acids is 1. The molecule has 114 valence electrons. The van der Waals surface area contributed by atoms with Crippen LogP contribution in [0.2, 0.25) is 0 Å². The zero-order valence-corrected chi connectivity index (χ0v) is 13.0. The highest BCUT2D eigenvalue weighted by molar-refractivity contribution is 5.81. The number of aliphatic hydroxyl groups is 1. The molecule has 3 heteroatoms. The summed E-state index contributed by atoms with van der Waals surface area (Å²) in [4.78, 5) is 14.2. The molecular formula is C19H21NO2. The number of likely N-dealkylation sites (tertiary alicyclic amines) is 1. The van der Waals surface area contributed by atoms with Crippen molar-refractivity contribution in [2.45, 2.75) is 32.5 Å². The molecule has 1 heterocycles. The van der Waals surface area contributed by atoms with Gasteiger partial charge in [-0.05, 0) is 5.56 Å². The van der Waals surface area contributed by atoms with Gasteiger partial charge in [0.15, 0.2) is 5.72 Å². The smallest absolute Gasteiger partial charge is 0.226 e. The van der Waals surface area contributed by atoms with Crippen LogP contribution in [0, 0.1) is 5.41 Å². The van der Waals surface area contributed by atoms with Crippen LogP contribution in [0.15, 0.2) is 60.7 Å². The molecule has 3 rings (SSSR count). The first kappa shape index (κ1) is 14.8. The zero-order chi connectivity index (χ0) is 15.8. The molecule has 1 N–H and O–H groups in total. The Balaban J connectivity index is 2.05. The van der Waals surface area contributed by atoms with Crippen LogP contribution in [0.4, 0.5) is 0 Å². The Hall–Kier alpha value is -2.13. The maximum atomic E-state index is 12.5. The second-order valence-electron chi connectivity index (χ2n) is 6.56. The van der Waals surface area contributed by atoms with Crippen LogP contribution < -0.4 is 0 Å². The predicted octanol–water partition coefficient (Wildman–Crippen LogP) is 3.29. The standard InChI is InChI=1S/C19H21NO2/c1-18(2)13-17(21)20(14-15-9-5-3-6-10-15)19(18,22)16-11-7-4-8-12-16/h3-12,22H,13-14H2,1-2H3. The Morgan fingerprint density at radius 2 is 1.55 bits per heavy atom. The monoisotopic (exact) mass is 295 g/mol. The van der Waals surface area contributed by atoms with Crippen molar-refractivity contribution >= 4 is 5.91 Å². The van der Waals surface area contributed by atoms with Gasteiger partial charge in [-0.15, -0.1) is 0 Å². The van der Waals surface area contributed by atoms with Gasteiger partial charge < -0.3 is 10.0 Å². The lowest BCUT2D eigenvalue weighted by atomic mass is 9.77. The van der Waals surface area contributed by atoms with Crippen molar-refractivity contribution in [2.75, 3.05) is 0 Å². The van der Waals surface area contributed by atoms with Gasteiger partial charge in [-0.1, -0.05) is 74.5 Å². The lowest BCUT2D eigenvalue weighted by Crippen LogP contribution is -2.49. The van der Waals surface area contributed by atoms with Gasteiger partial charge >= 0.3 is 0 Å². The summed E-state index contributed by atoms with van der Waals surface area (Å²) < 4.78 is 0. The third kappa shape index (κ3) is 2.22. The Labute approximate surface area is 131 Å². The van der Waals surface area contributed by atoms with Crippen molar-refractivity contribution in [3.05, 3.63) is 71.8 Å². The van der Waals surface area contributed by atoms with Crippen molar-refractivity contribution in [3.8, 4) is 0 Å². The second kappa shape index (κ2) is 5.25. The van der Waals surface area contributed by atoms with Crippen LogP contribution in [-0.2, 0) is 17.1 Å². The van der Waals surface area contributed by atoms with E-state index in [4.69, 9.17) is 0 Å². The normalized spacial score (nSPS) is 23.8. The molecule has 1 amide bonds. The number of nitrogens with zero attached hydrogens (tertiary/aromatic N) is 1. The quantitative estimate of drug-likeness (QED) is 0.944. The summed E-state index contributed by atoms with van der Waals surface area (Å²) in [5.41, 5.74) is -0.0498. The highest BCUT2D eigenvalue weighted by Crippen LogP contribution is 2.51. The second-order valence-corrected chi connectivity index (χ2v) is 6.56. The number of hydrogen-bond donors (Lipinski definition) is 1. The molecule has 2 aromatic rings. The Morgan fingerprint density at radius 3 is 2.14 bits per heavy atom. The minimum absolute atomic E-state index is 0.0137. The van der Waals surface area contributed by atoms with E-state index in [2.05, 4.69) is 0 Å². The maximum Gasteiger partial charge on any atom is 0.226 e. The summed E-state index contributed by atoms with van der Waals surface area (Å²) in [7, 11) is 0. The van der Waals surface area contributed by atoms with E-state index < -0.39 is 11.1 Å². The number of amides is 1. The van der Waals surface area contributed by atoms with Gasteiger partial charge in [-0.25, -0.2) is 0 Å². The van der Waals surface area contributed by atoms with Crippen LogP contribution in [0.25, 0.3) is 0 Å². The Morgan fingerprint density at radius 1 is 1.00 bits per heavy atom. The largest absolute Gasteiger partial charge is 0.366 e. The van der Waals surface area contributed by atoms with Crippen LogP contribution in [0.3, 0.4) is 0 Å². The lowest BCUT2D eigenvalue weighted by molar-refractivity contribution is -0.169. The molecule has 0 aliphatic carbocycles. The summed E-state index contributed by atoms with van der Waals surface area (Å²) in [6.07, 6.45) is 0.339. The molecule has 0 spiro atoms. The van der Waals surface area contributed by atoms with Crippen LogP contribution in [0.1, 0.15) is 31.4 Å². The first-order chi connectivity index (χ1) is 10.4. The molecule has 0 saturated carbocycles. The fourth-order valence-electron chi connectivity index (χ4n) is 3.33. The van der Waals surface area contributed by atoms with Crippen molar-refractivity contribution < 1.29 is 9.90 Å². The number of hydrogen-bond acceptors (Lipinski definition) is 2. The summed E-state index contributed by atoms with van der Waals surface area (Å²) in [6.45, 7) is 4.31. The van der Waals surface area contributed by atoms with E-state index in [1.165, 1.54) is 0 Å². The summed E-state index contributed by atoms with van der Waals surface area (Å²) in [6, 6.07) is 19.3. The lowest BCUT2D eigenvalue weighted by Gasteiger charge is -2.42. The predicted molar refractivity (Wildman–Crippen MR) is 85.7 cm³/mol. The van der Waals surface area contributed by atoms with E-state index in [0.29, 0.717) is 13.0 Å². The number of carbonyl (C=O) groups is 1. The molecule has 0 radical (unpaired) electrons. The molecule has 1 saturated heterocycles. The molecule has 3 nitrogen and oxygen atoms in total. The van der Waals surface area contributed by atoms with Crippen LogP contribution >= 0.6 is 0 Å². The Bertz CT molecular complexity index is 666. The first-order valence-electron chi connectivity index (χ1n) is 7.57. The zero-order valence-electron chi connectivity index (χ0n) is 13.0. The van der Waals surface area contributed by atoms with Crippen LogP contribution in [0.5, 0.6) is 0 Å². The van der Waals surface area contributed by atoms with E-state index in [-0.39, 0.29) is 5.91 Å². The first-order valence-corrected chi connectivity index (χ1v) is 7.57. The van der Waals surface area contributed by atoms with Gasteiger partial charge in [0.25, 0.3) is 0 Å². The molecule has 1 unspecified atom stereocenters.